The zero-order chi connectivity index (χ0) is 18.7. The summed E-state index contributed by atoms with van der Waals surface area (Å²) in [7, 11) is 0. The van der Waals surface area contributed by atoms with E-state index < -0.39 is 0 Å². The molecule has 5 heteroatoms. The molecule has 0 aliphatic carbocycles. The molecule has 0 bridgehead atoms. The second-order valence-corrected chi connectivity index (χ2v) is 7.29. The van der Waals surface area contributed by atoms with Gasteiger partial charge in [0.25, 0.3) is 5.69 Å². The second kappa shape index (κ2) is 7.77. The van der Waals surface area contributed by atoms with Gasteiger partial charge in [-0.3, -0.25) is 10.1 Å². The minimum Gasteiger partial charge on any atom is -0.381 e. The number of anilines is 2. The van der Waals surface area contributed by atoms with E-state index in [1.54, 1.807) is 6.07 Å². The quantitative estimate of drug-likeness (QED) is 0.593. The summed E-state index contributed by atoms with van der Waals surface area (Å²) in [6, 6.07) is 12.3. The van der Waals surface area contributed by atoms with Gasteiger partial charge in [-0.15, -0.1) is 0 Å². The second-order valence-electron chi connectivity index (χ2n) is 7.29. The predicted molar refractivity (Wildman–Crippen MR) is 107 cm³/mol. The lowest BCUT2D eigenvalue weighted by atomic mass is 10.0. The molecule has 1 saturated heterocycles. The van der Waals surface area contributed by atoms with Crippen LogP contribution in [-0.2, 0) is 6.54 Å². The maximum Gasteiger partial charge on any atom is 0.292 e. The fourth-order valence-electron chi connectivity index (χ4n) is 3.65. The minimum atomic E-state index is -0.252. The lowest BCUT2D eigenvalue weighted by Gasteiger charge is -2.35. The van der Waals surface area contributed by atoms with Crippen LogP contribution in [0.25, 0.3) is 0 Å². The monoisotopic (exact) mass is 353 g/mol. The van der Waals surface area contributed by atoms with E-state index in [0.29, 0.717) is 12.6 Å². The summed E-state index contributed by atoms with van der Waals surface area (Å²) in [5, 5.41) is 15.1. The van der Waals surface area contributed by atoms with Crippen molar-refractivity contribution in [3.63, 3.8) is 0 Å². The first kappa shape index (κ1) is 18.2. The molecule has 2 aromatic carbocycles. The molecule has 1 atom stereocenters. The third-order valence-electron chi connectivity index (χ3n) is 5.22. The highest BCUT2D eigenvalue weighted by molar-refractivity contribution is 5.65. The number of rotatable bonds is 5. The van der Waals surface area contributed by atoms with Gasteiger partial charge in [0.15, 0.2) is 0 Å². The SMILES string of the molecule is Cc1ccc(C)c(NCc2ccc(N3CCCCC3C)c([N+](=O)[O-])c2)c1. The van der Waals surface area contributed by atoms with Crippen molar-refractivity contribution in [2.75, 3.05) is 16.8 Å². The van der Waals surface area contributed by atoms with Crippen molar-refractivity contribution in [3.8, 4) is 0 Å². The molecule has 138 valence electrons. The first-order valence-electron chi connectivity index (χ1n) is 9.31. The number of nitro groups is 1. The molecule has 1 aliphatic heterocycles. The van der Waals surface area contributed by atoms with Gasteiger partial charge in [-0.2, -0.15) is 0 Å². The summed E-state index contributed by atoms with van der Waals surface area (Å²) in [4.78, 5) is 13.6. The van der Waals surface area contributed by atoms with Crippen LogP contribution in [-0.4, -0.2) is 17.5 Å². The number of nitro benzene ring substituents is 1. The van der Waals surface area contributed by atoms with Crippen LogP contribution >= 0.6 is 0 Å². The number of hydrogen-bond donors (Lipinski definition) is 1. The van der Waals surface area contributed by atoms with Crippen LogP contribution in [0, 0.1) is 24.0 Å². The molecular formula is C21H27N3O2. The average molecular weight is 353 g/mol. The maximum absolute atomic E-state index is 11.7. The van der Waals surface area contributed by atoms with Crippen molar-refractivity contribution in [2.45, 2.75) is 52.6 Å². The highest BCUT2D eigenvalue weighted by Crippen LogP contribution is 2.34. The minimum absolute atomic E-state index is 0.207. The summed E-state index contributed by atoms with van der Waals surface area (Å²) < 4.78 is 0. The van der Waals surface area contributed by atoms with Crippen LogP contribution in [0.2, 0.25) is 0 Å². The number of nitrogens with one attached hydrogen (secondary N) is 1. The van der Waals surface area contributed by atoms with Gasteiger partial charge in [0.2, 0.25) is 0 Å². The fourth-order valence-corrected chi connectivity index (χ4v) is 3.65. The van der Waals surface area contributed by atoms with Gasteiger partial charge in [-0.25, -0.2) is 0 Å². The van der Waals surface area contributed by atoms with Gasteiger partial charge in [-0.05, 0) is 68.9 Å². The number of aryl methyl sites for hydroxylation is 2. The summed E-state index contributed by atoms with van der Waals surface area (Å²) in [6.45, 7) is 7.73. The van der Waals surface area contributed by atoms with E-state index in [2.05, 4.69) is 49.2 Å². The Labute approximate surface area is 155 Å². The molecular weight excluding hydrogens is 326 g/mol. The Kier molecular flexibility index (Phi) is 5.45. The molecule has 0 spiro atoms. The average Bonchev–Trinajstić information content (AvgIpc) is 2.63. The Bertz CT molecular complexity index is 804. The molecule has 1 heterocycles. The molecule has 0 amide bonds. The van der Waals surface area contributed by atoms with Crippen molar-refractivity contribution in [1.82, 2.24) is 0 Å². The highest BCUT2D eigenvalue weighted by Gasteiger charge is 2.25. The predicted octanol–water partition coefficient (Wildman–Crippen LogP) is 5.20. The van der Waals surface area contributed by atoms with E-state index in [-0.39, 0.29) is 10.6 Å². The molecule has 5 nitrogen and oxygen atoms in total. The van der Waals surface area contributed by atoms with E-state index >= 15 is 0 Å². The summed E-state index contributed by atoms with van der Waals surface area (Å²) >= 11 is 0. The fraction of sp³-hybridized carbons (Fsp3) is 0.429. The molecule has 1 aliphatic rings. The first-order chi connectivity index (χ1) is 12.5. The van der Waals surface area contributed by atoms with Crippen molar-refractivity contribution in [2.24, 2.45) is 0 Å². The first-order valence-corrected chi connectivity index (χ1v) is 9.31. The molecule has 1 fully saturated rings. The molecule has 3 rings (SSSR count). The standard InChI is InChI=1S/C21H27N3O2/c1-15-7-8-16(2)19(12-15)22-14-18-9-10-20(21(13-18)24(25)26)23-11-5-4-6-17(23)3/h7-10,12-13,17,22H,4-6,11,14H2,1-3H3. The number of piperidine rings is 1. The van der Waals surface area contributed by atoms with Crippen molar-refractivity contribution >= 4 is 17.1 Å². The topological polar surface area (TPSA) is 58.4 Å². The van der Waals surface area contributed by atoms with Crippen LogP contribution in [0.3, 0.4) is 0 Å². The maximum atomic E-state index is 11.7. The van der Waals surface area contributed by atoms with E-state index in [1.165, 1.54) is 17.5 Å². The molecule has 26 heavy (non-hydrogen) atoms. The van der Waals surface area contributed by atoms with Gasteiger partial charge in [0.05, 0.1) is 4.92 Å². The Morgan fingerprint density at radius 1 is 1.19 bits per heavy atom. The Balaban J connectivity index is 1.82. The summed E-state index contributed by atoms with van der Waals surface area (Å²) in [5.41, 5.74) is 5.31. The van der Waals surface area contributed by atoms with E-state index in [9.17, 15) is 10.1 Å². The number of nitrogens with zero attached hydrogens (tertiary/aromatic N) is 2. The molecule has 0 aromatic heterocycles. The van der Waals surface area contributed by atoms with Gasteiger partial charge >= 0.3 is 0 Å². The van der Waals surface area contributed by atoms with E-state index in [1.807, 2.05) is 12.1 Å². The largest absolute Gasteiger partial charge is 0.381 e. The Morgan fingerprint density at radius 3 is 2.73 bits per heavy atom. The lowest BCUT2D eigenvalue weighted by Crippen LogP contribution is -2.37. The summed E-state index contributed by atoms with van der Waals surface area (Å²) in [5.74, 6) is 0. The Hall–Kier alpha value is -2.56. The van der Waals surface area contributed by atoms with Crippen LogP contribution in [0.1, 0.15) is 42.9 Å². The molecule has 0 radical (unpaired) electrons. The molecule has 2 aromatic rings. The summed E-state index contributed by atoms with van der Waals surface area (Å²) in [6.07, 6.45) is 3.38. The van der Waals surface area contributed by atoms with Crippen molar-refractivity contribution in [1.29, 1.82) is 0 Å². The molecule has 0 saturated carbocycles. The number of benzene rings is 2. The van der Waals surface area contributed by atoms with Crippen LogP contribution in [0.15, 0.2) is 36.4 Å². The van der Waals surface area contributed by atoms with Gasteiger partial charge in [0.1, 0.15) is 5.69 Å². The third-order valence-corrected chi connectivity index (χ3v) is 5.22. The normalized spacial score (nSPS) is 17.2. The van der Waals surface area contributed by atoms with Crippen LogP contribution < -0.4 is 10.2 Å². The van der Waals surface area contributed by atoms with Gasteiger partial charge < -0.3 is 10.2 Å². The third kappa shape index (κ3) is 3.98. The van der Waals surface area contributed by atoms with Crippen molar-refractivity contribution in [3.05, 3.63) is 63.2 Å². The number of hydrogen-bond acceptors (Lipinski definition) is 4. The zero-order valence-corrected chi connectivity index (χ0v) is 15.8. The van der Waals surface area contributed by atoms with Crippen LogP contribution in [0.4, 0.5) is 17.1 Å². The zero-order valence-electron chi connectivity index (χ0n) is 15.8. The van der Waals surface area contributed by atoms with Gasteiger partial charge in [0, 0.05) is 30.9 Å². The highest BCUT2D eigenvalue weighted by atomic mass is 16.6. The lowest BCUT2D eigenvalue weighted by molar-refractivity contribution is -0.384. The van der Waals surface area contributed by atoms with Gasteiger partial charge in [-0.1, -0.05) is 18.2 Å². The van der Waals surface area contributed by atoms with Crippen LogP contribution in [0.5, 0.6) is 0 Å². The molecule has 1 unspecified atom stereocenters. The molecule has 1 N–H and O–H groups in total. The Morgan fingerprint density at radius 2 is 2.00 bits per heavy atom. The van der Waals surface area contributed by atoms with E-state index in [0.717, 1.165) is 36.3 Å². The van der Waals surface area contributed by atoms with Crippen molar-refractivity contribution < 1.29 is 4.92 Å². The smallest absolute Gasteiger partial charge is 0.292 e. The van der Waals surface area contributed by atoms with E-state index in [4.69, 9.17) is 0 Å².